The van der Waals surface area contributed by atoms with Crippen LogP contribution in [0.15, 0.2) is 72.8 Å². The summed E-state index contributed by atoms with van der Waals surface area (Å²) in [5.74, 6) is -3.85. The van der Waals surface area contributed by atoms with E-state index in [9.17, 15) is 32.3 Å². The second-order valence-corrected chi connectivity index (χ2v) is 10.5. The molecule has 0 bridgehead atoms. The minimum Gasteiger partial charge on any atom is -0.481 e. The summed E-state index contributed by atoms with van der Waals surface area (Å²) in [6, 6.07) is 17.5. The monoisotopic (exact) mass is 569 g/mol. The maximum atomic E-state index is 13.6. The van der Waals surface area contributed by atoms with Crippen molar-refractivity contribution in [2.45, 2.75) is 51.3 Å². The molecular formula is C31H30F3NO6. The minimum absolute atomic E-state index is 0.0619. The molecule has 0 saturated heterocycles. The molecule has 41 heavy (non-hydrogen) atoms. The van der Waals surface area contributed by atoms with Gasteiger partial charge in [0.15, 0.2) is 11.6 Å². The second-order valence-electron chi connectivity index (χ2n) is 10.5. The van der Waals surface area contributed by atoms with Crippen LogP contribution in [0.3, 0.4) is 0 Å². The minimum atomic E-state index is -4.88. The molecular weight excluding hydrogens is 539 g/mol. The van der Waals surface area contributed by atoms with E-state index >= 15 is 0 Å². The molecule has 0 saturated carbocycles. The quantitative estimate of drug-likeness (QED) is 0.261. The predicted octanol–water partition coefficient (Wildman–Crippen LogP) is 6.33. The van der Waals surface area contributed by atoms with Crippen LogP contribution in [0.2, 0.25) is 0 Å². The van der Waals surface area contributed by atoms with Gasteiger partial charge in [0.05, 0.1) is 12.3 Å². The number of amides is 1. The summed E-state index contributed by atoms with van der Waals surface area (Å²) in [6.45, 7) is 6.06. The van der Waals surface area contributed by atoms with E-state index < -0.39 is 35.7 Å². The van der Waals surface area contributed by atoms with Crippen molar-refractivity contribution >= 4 is 23.4 Å². The second kappa shape index (κ2) is 12.8. The Balaban J connectivity index is 1.88. The van der Waals surface area contributed by atoms with Crippen molar-refractivity contribution in [3.8, 4) is 5.75 Å². The molecule has 0 aliphatic carbocycles. The third-order valence-corrected chi connectivity index (χ3v) is 6.35. The van der Waals surface area contributed by atoms with Crippen LogP contribution in [-0.2, 0) is 10.2 Å². The van der Waals surface area contributed by atoms with E-state index in [0.29, 0.717) is 11.1 Å². The number of aliphatic carboxylic acids is 1. The number of rotatable bonds is 11. The molecule has 0 aliphatic rings. The summed E-state index contributed by atoms with van der Waals surface area (Å²) in [4.78, 5) is 49.9. The first-order valence-corrected chi connectivity index (χ1v) is 12.8. The number of ether oxygens (including phenoxy) is 1. The average molecular weight is 570 g/mol. The number of alkyl halides is 3. The van der Waals surface area contributed by atoms with Gasteiger partial charge in [-0.05, 0) is 52.9 Å². The lowest BCUT2D eigenvalue weighted by Gasteiger charge is -2.20. The van der Waals surface area contributed by atoms with E-state index in [0.717, 1.165) is 17.7 Å². The highest BCUT2D eigenvalue weighted by Gasteiger charge is 2.31. The molecule has 0 heterocycles. The van der Waals surface area contributed by atoms with Gasteiger partial charge >= 0.3 is 12.3 Å². The van der Waals surface area contributed by atoms with Gasteiger partial charge in [0, 0.05) is 29.7 Å². The highest BCUT2D eigenvalue weighted by atomic mass is 19.4. The average Bonchev–Trinajstić information content (AvgIpc) is 2.90. The van der Waals surface area contributed by atoms with E-state index in [1.165, 1.54) is 36.4 Å². The number of carboxylic acids is 1. The molecule has 2 N–H and O–H groups in total. The van der Waals surface area contributed by atoms with Crippen LogP contribution < -0.4 is 10.1 Å². The number of hydrogen-bond acceptors (Lipinski definition) is 5. The van der Waals surface area contributed by atoms with E-state index in [2.05, 4.69) is 10.1 Å². The topological polar surface area (TPSA) is 110 Å². The zero-order chi connectivity index (χ0) is 30.4. The van der Waals surface area contributed by atoms with Crippen molar-refractivity contribution in [2.75, 3.05) is 6.54 Å². The maximum absolute atomic E-state index is 13.6. The molecule has 216 valence electrons. The van der Waals surface area contributed by atoms with Gasteiger partial charge in [-0.2, -0.15) is 0 Å². The molecule has 0 spiro atoms. The highest BCUT2D eigenvalue weighted by Crippen LogP contribution is 2.30. The summed E-state index contributed by atoms with van der Waals surface area (Å²) >= 11 is 0. The van der Waals surface area contributed by atoms with Gasteiger partial charge in [0.1, 0.15) is 5.75 Å². The van der Waals surface area contributed by atoms with Gasteiger partial charge in [0.25, 0.3) is 5.91 Å². The van der Waals surface area contributed by atoms with E-state index in [1.807, 2.05) is 32.9 Å². The molecule has 3 aromatic carbocycles. The van der Waals surface area contributed by atoms with E-state index in [-0.39, 0.29) is 41.7 Å². The molecule has 0 radical (unpaired) electrons. The third kappa shape index (κ3) is 9.02. The molecule has 3 rings (SSSR count). The van der Waals surface area contributed by atoms with Crippen LogP contribution in [0, 0.1) is 0 Å². The summed E-state index contributed by atoms with van der Waals surface area (Å²) < 4.78 is 41.5. The Morgan fingerprint density at radius 1 is 0.805 bits per heavy atom. The predicted molar refractivity (Wildman–Crippen MR) is 145 cm³/mol. The number of carbonyl (C=O) groups excluding carboxylic acids is 3. The Hall–Kier alpha value is -4.47. The van der Waals surface area contributed by atoms with Crippen molar-refractivity contribution in [2.24, 2.45) is 0 Å². The smallest absolute Gasteiger partial charge is 0.481 e. The van der Waals surface area contributed by atoms with Gasteiger partial charge in [-0.25, -0.2) is 0 Å². The number of halogens is 3. The summed E-state index contributed by atoms with van der Waals surface area (Å²) in [6.07, 6.45) is -5.35. The first-order valence-electron chi connectivity index (χ1n) is 12.8. The Morgan fingerprint density at radius 3 is 1.85 bits per heavy atom. The fourth-order valence-corrected chi connectivity index (χ4v) is 4.10. The van der Waals surface area contributed by atoms with E-state index in [4.69, 9.17) is 5.11 Å². The molecule has 1 amide bonds. The van der Waals surface area contributed by atoms with Crippen molar-refractivity contribution < 1.29 is 42.2 Å². The lowest BCUT2D eigenvalue weighted by atomic mass is 9.83. The Labute approximate surface area is 235 Å². The number of benzene rings is 3. The number of ketones is 2. The molecule has 1 unspecified atom stereocenters. The number of Topliss-reactive ketones (excluding diaryl/α,β-unsaturated/α-hetero) is 2. The van der Waals surface area contributed by atoms with Gasteiger partial charge in [-0.15, -0.1) is 13.2 Å². The van der Waals surface area contributed by atoms with Crippen molar-refractivity contribution in [1.29, 1.82) is 0 Å². The number of carbonyl (C=O) groups is 4. The van der Waals surface area contributed by atoms with Gasteiger partial charge < -0.3 is 15.2 Å². The Morgan fingerprint density at radius 2 is 1.34 bits per heavy atom. The lowest BCUT2D eigenvalue weighted by Crippen LogP contribution is -2.26. The largest absolute Gasteiger partial charge is 0.573 e. The lowest BCUT2D eigenvalue weighted by molar-refractivity contribution is -0.274. The van der Waals surface area contributed by atoms with Crippen LogP contribution >= 0.6 is 0 Å². The third-order valence-electron chi connectivity index (χ3n) is 6.35. The number of carboxylic acid groups (broad SMARTS) is 1. The molecule has 10 heteroatoms. The molecule has 0 fully saturated rings. The van der Waals surface area contributed by atoms with Crippen LogP contribution in [0.4, 0.5) is 13.2 Å². The maximum Gasteiger partial charge on any atom is 0.573 e. The van der Waals surface area contributed by atoms with Gasteiger partial charge in [0.2, 0.25) is 0 Å². The molecule has 0 aromatic heterocycles. The van der Waals surface area contributed by atoms with Crippen molar-refractivity contribution in [3.63, 3.8) is 0 Å². The molecule has 7 nitrogen and oxygen atoms in total. The molecule has 3 aromatic rings. The summed E-state index contributed by atoms with van der Waals surface area (Å²) in [7, 11) is 0. The number of nitrogens with one attached hydrogen (secondary N) is 1. The first-order chi connectivity index (χ1) is 19.1. The van der Waals surface area contributed by atoms with Gasteiger partial charge in [-0.1, -0.05) is 57.2 Å². The SMILES string of the molecule is CC(C)(C)c1ccc(C(=O)CC(C(=O)c2ccc(OC(F)(F)F)cc2)c2ccc(C(=O)NCCC(=O)O)cc2)cc1. The fraction of sp³-hybridized carbons (Fsp3) is 0.290. The van der Waals surface area contributed by atoms with Crippen molar-refractivity contribution in [1.82, 2.24) is 5.32 Å². The van der Waals surface area contributed by atoms with Crippen LogP contribution in [0.5, 0.6) is 5.75 Å². The van der Waals surface area contributed by atoms with Crippen LogP contribution in [-0.4, -0.2) is 41.5 Å². The summed E-state index contributed by atoms with van der Waals surface area (Å²) in [5, 5.41) is 11.2. The first kappa shape index (κ1) is 31.1. The summed E-state index contributed by atoms with van der Waals surface area (Å²) in [5.41, 5.74) is 2.04. The normalized spacial score (nSPS) is 12.3. The van der Waals surface area contributed by atoms with E-state index in [1.54, 1.807) is 12.1 Å². The van der Waals surface area contributed by atoms with Crippen molar-refractivity contribution in [3.05, 3.63) is 101 Å². The Kier molecular flexibility index (Phi) is 9.70. The number of hydrogen-bond donors (Lipinski definition) is 2. The molecule has 0 aliphatic heterocycles. The van der Waals surface area contributed by atoms with Gasteiger partial charge in [-0.3, -0.25) is 19.2 Å². The zero-order valence-corrected chi connectivity index (χ0v) is 22.7. The van der Waals surface area contributed by atoms with Crippen LogP contribution in [0.25, 0.3) is 0 Å². The molecule has 1 atom stereocenters. The van der Waals surface area contributed by atoms with Crippen LogP contribution in [0.1, 0.15) is 81.7 Å². The fourth-order valence-electron chi connectivity index (χ4n) is 4.10. The standard InChI is InChI=1S/C31H30F3NO6/c1-30(2,3)23-12-8-20(9-13-23)26(36)18-25(28(39)21-10-14-24(15-11-21)41-31(32,33)34)19-4-6-22(7-5-19)29(40)35-17-16-27(37)38/h4-15,25H,16-18H2,1-3H3,(H,35,40)(H,37,38). The highest BCUT2D eigenvalue weighted by molar-refractivity contribution is 6.06. The zero-order valence-electron chi connectivity index (χ0n) is 22.7. The Bertz CT molecular complexity index is 1390.